The third kappa shape index (κ3) is 5.01. The molecule has 0 saturated carbocycles. The van der Waals surface area contributed by atoms with Gasteiger partial charge in [0, 0.05) is 12.3 Å². The molecule has 1 heterocycles. The number of rotatable bonds is 8. The summed E-state index contributed by atoms with van der Waals surface area (Å²) in [5.41, 5.74) is -0.664. The third-order valence-electron chi connectivity index (χ3n) is 2.52. The number of nitrogens with one attached hydrogen (secondary N) is 1. The van der Waals surface area contributed by atoms with E-state index in [0.717, 1.165) is 31.2 Å². The fraction of sp³-hybridized carbons (Fsp3) is 0.900. The number of hydrogen-bond acceptors (Lipinski definition) is 6. The zero-order valence-corrected chi connectivity index (χ0v) is 11.5. The number of thioether (sulfide) groups is 1. The highest BCUT2D eigenvalue weighted by molar-refractivity contribution is 7.99. The Labute approximate surface area is 106 Å². The summed E-state index contributed by atoms with van der Waals surface area (Å²) >= 11 is 1.49. The topological polar surface area (TPSA) is 75.9 Å². The van der Waals surface area contributed by atoms with Crippen LogP contribution < -0.4 is 5.32 Å². The zero-order valence-electron chi connectivity index (χ0n) is 10.7. The SMILES string of the molecule is CCNCCn1nnnc1SCC(C)(O)CC. The molecule has 1 unspecified atom stereocenters. The van der Waals surface area contributed by atoms with Crippen molar-refractivity contribution in [3.63, 3.8) is 0 Å². The molecule has 6 nitrogen and oxygen atoms in total. The van der Waals surface area contributed by atoms with E-state index in [1.54, 1.807) is 4.68 Å². The largest absolute Gasteiger partial charge is 0.389 e. The van der Waals surface area contributed by atoms with Crippen LogP contribution in [-0.4, -0.2) is 49.8 Å². The smallest absolute Gasteiger partial charge is 0.209 e. The van der Waals surface area contributed by atoms with E-state index in [0.29, 0.717) is 5.75 Å². The first kappa shape index (κ1) is 14.4. The lowest BCUT2D eigenvalue weighted by atomic mass is 10.1. The Kier molecular flexibility index (Phi) is 5.87. The van der Waals surface area contributed by atoms with Gasteiger partial charge in [-0.05, 0) is 30.3 Å². The summed E-state index contributed by atoms with van der Waals surface area (Å²) in [5.74, 6) is 0.602. The van der Waals surface area contributed by atoms with Crippen molar-refractivity contribution in [2.45, 2.75) is 44.5 Å². The molecule has 0 spiro atoms. The summed E-state index contributed by atoms with van der Waals surface area (Å²) in [6.07, 6.45) is 0.721. The summed E-state index contributed by atoms with van der Waals surface area (Å²) in [4.78, 5) is 0. The maximum Gasteiger partial charge on any atom is 0.209 e. The Morgan fingerprint density at radius 2 is 2.24 bits per heavy atom. The fourth-order valence-corrected chi connectivity index (χ4v) is 2.14. The lowest BCUT2D eigenvalue weighted by Crippen LogP contribution is -2.26. The van der Waals surface area contributed by atoms with Crippen LogP contribution in [0.4, 0.5) is 0 Å². The molecule has 0 saturated heterocycles. The Morgan fingerprint density at radius 1 is 1.47 bits per heavy atom. The molecule has 0 aliphatic carbocycles. The molecule has 0 fully saturated rings. The van der Waals surface area contributed by atoms with Gasteiger partial charge in [0.1, 0.15) is 0 Å². The van der Waals surface area contributed by atoms with Gasteiger partial charge in [-0.25, -0.2) is 4.68 Å². The lowest BCUT2D eigenvalue weighted by molar-refractivity contribution is 0.0815. The molecule has 0 aliphatic rings. The van der Waals surface area contributed by atoms with Gasteiger partial charge in [-0.2, -0.15) is 0 Å². The molecule has 0 amide bonds. The van der Waals surface area contributed by atoms with Crippen molar-refractivity contribution in [1.29, 1.82) is 0 Å². The third-order valence-corrected chi connectivity index (χ3v) is 3.84. The average molecular weight is 259 g/mol. The monoisotopic (exact) mass is 259 g/mol. The second kappa shape index (κ2) is 6.93. The number of aliphatic hydroxyl groups is 1. The van der Waals surface area contributed by atoms with Crippen LogP contribution in [0.2, 0.25) is 0 Å². The molecule has 0 radical (unpaired) electrons. The lowest BCUT2D eigenvalue weighted by Gasteiger charge is -2.19. The maximum absolute atomic E-state index is 9.92. The molecule has 0 bridgehead atoms. The van der Waals surface area contributed by atoms with E-state index in [-0.39, 0.29) is 0 Å². The quantitative estimate of drug-likeness (QED) is 0.524. The van der Waals surface area contributed by atoms with Crippen LogP contribution in [0.3, 0.4) is 0 Å². The molecule has 1 atom stereocenters. The summed E-state index contributed by atoms with van der Waals surface area (Å²) in [7, 11) is 0. The average Bonchev–Trinajstić information content (AvgIpc) is 2.75. The first-order valence-electron chi connectivity index (χ1n) is 5.91. The molecule has 98 valence electrons. The first-order chi connectivity index (χ1) is 8.09. The van der Waals surface area contributed by atoms with E-state index in [1.165, 1.54) is 11.8 Å². The van der Waals surface area contributed by atoms with Gasteiger partial charge in [-0.3, -0.25) is 0 Å². The van der Waals surface area contributed by atoms with Crippen molar-refractivity contribution in [3.05, 3.63) is 0 Å². The Balaban J connectivity index is 2.45. The minimum absolute atomic E-state index is 0.602. The van der Waals surface area contributed by atoms with Gasteiger partial charge in [-0.15, -0.1) is 5.10 Å². The Morgan fingerprint density at radius 3 is 2.88 bits per heavy atom. The zero-order chi connectivity index (χ0) is 12.7. The molecule has 1 aromatic heterocycles. The molecular formula is C10H21N5OS. The van der Waals surface area contributed by atoms with Gasteiger partial charge in [0.25, 0.3) is 0 Å². The highest BCUT2D eigenvalue weighted by Crippen LogP contribution is 2.21. The normalized spacial score (nSPS) is 14.8. The van der Waals surface area contributed by atoms with Crippen LogP contribution in [0.1, 0.15) is 27.2 Å². The van der Waals surface area contributed by atoms with Crippen LogP contribution in [-0.2, 0) is 6.54 Å². The number of nitrogens with zero attached hydrogens (tertiary/aromatic N) is 4. The van der Waals surface area contributed by atoms with Gasteiger partial charge in [0.2, 0.25) is 5.16 Å². The first-order valence-corrected chi connectivity index (χ1v) is 6.89. The van der Waals surface area contributed by atoms with Crippen LogP contribution in [0.15, 0.2) is 5.16 Å². The standard InChI is InChI=1S/C10H21N5OS/c1-4-10(3,16)8-17-9-12-13-14-15(9)7-6-11-5-2/h11,16H,4-8H2,1-3H3. The van der Waals surface area contributed by atoms with Crippen LogP contribution >= 0.6 is 11.8 Å². The number of hydrogen-bond donors (Lipinski definition) is 2. The van der Waals surface area contributed by atoms with Gasteiger partial charge < -0.3 is 10.4 Å². The van der Waals surface area contributed by atoms with E-state index in [1.807, 2.05) is 13.8 Å². The van der Waals surface area contributed by atoms with Crippen molar-refractivity contribution in [2.24, 2.45) is 0 Å². The minimum Gasteiger partial charge on any atom is -0.389 e. The Bertz CT molecular complexity index is 328. The van der Waals surface area contributed by atoms with E-state index in [9.17, 15) is 5.11 Å². The summed E-state index contributed by atoms with van der Waals surface area (Å²) in [6.45, 7) is 8.39. The van der Waals surface area contributed by atoms with E-state index < -0.39 is 5.60 Å². The van der Waals surface area contributed by atoms with Crippen molar-refractivity contribution in [3.8, 4) is 0 Å². The molecule has 0 aliphatic heterocycles. The van der Waals surface area contributed by atoms with Crippen LogP contribution in [0.5, 0.6) is 0 Å². The van der Waals surface area contributed by atoms with Crippen LogP contribution in [0, 0.1) is 0 Å². The van der Waals surface area contributed by atoms with Gasteiger partial charge in [0.05, 0.1) is 12.1 Å². The van der Waals surface area contributed by atoms with E-state index in [2.05, 4.69) is 27.8 Å². The number of tetrazole rings is 1. The second-order valence-corrected chi connectivity index (χ2v) is 5.12. The van der Waals surface area contributed by atoms with Crippen molar-refractivity contribution in [2.75, 3.05) is 18.8 Å². The summed E-state index contributed by atoms with van der Waals surface area (Å²) < 4.78 is 1.76. The predicted octanol–water partition coefficient (Wildman–Crippen LogP) is 0.536. The predicted molar refractivity (Wildman–Crippen MR) is 68.0 cm³/mol. The highest BCUT2D eigenvalue weighted by atomic mass is 32.2. The number of aromatic nitrogens is 4. The van der Waals surface area contributed by atoms with Crippen LogP contribution in [0.25, 0.3) is 0 Å². The molecule has 17 heavy (non-hydrogen) atoms. The second-order valence-electron chi connectivity index (χ2n) is 4.18. The molecular weight excluding hydrogens is 238 g/mol. The van der Waals surface area contributed by atoms with E-state index in [4.69, 9.17) is 0 Å². The number of likely N-dealkylation sites (N-methyl/N-ethyl adjacent to an activating group) is 1. The van der Waals surface area contributed by atoms with Crippen molar-refractivity contribution >= 4 is 11.8 Å². The Hall–Kier alpha value is -0.660. The molecule has 1 aromatic rings. The summed E-state index contributed by atoms with van der Waals surface area (Å²) in [5, 5.41) is 25.4. The molecule has 1 rings (SSSR count). The minimum atomic E-state index is -0.664. The van der Waals surface area contributed by atoms with Gasteiger partial charge >= 0.3 is 0 Å². The fourth-order valence-electron chi connectivity index (χ4n) is 1.12. The van der Waals surface area contributed by atoms with Gasteiger partial charge in [0.15, 0.2) is 0 Å². The molecule has 7 heteroatoms. The summed E-state index contributed by atoms with van der Waals surface area (Å²) in [6, 6.07) is 0. The van der Waals surface area contributed by atoms with E-state index >= 15 is 0 Å². The van der Waals surface area contributed by atoms with Gasteiger partial charge in [-0.1, -0.05) is 25.6 Å². The molecule has 2 N–H and O–H groups in total. The molecule has 0 aromatic carbocycles. The van der Waals surface area contributed by atoms with Crippen molar-refractivity contribution in [1.82, 2.24) is 25.5 Å². The highest BCUT2D eigenvalue weighted by Gasteiger charge is 2.19. The van der Waals surface area contributed by atoms with Crippen molar-refractivity contribution < 1.29 is 5.11 Å². The maximum atomic E-state index is 9.92.